The minimum Gasteiger partial charge on any atom is -0.478 e. The molecule has 2 unspecified atom stereocenters. The van der Waals surface area contributed by atoms with Crippen LogP contribution in [0, 0.1) is 29.6 Å². The van der Waals surface area contributed by atoms with Gasteiger partial charge >= 0.3 is 29.8 Å². The molecule has 1 heterocycles. The highest BCUT2D eigenvalue weighted by molar-refractivity contribution is 5.95. The maximum atomic E-state index is 13.7. The van der Waals surface area contributed by atoms with Crippen molar-refractivity contribution in [2.24, 2.45) is 29.6 Å². The van der Waals surface area contributed by atoms with Crippen LogP contribution in [0.25, 0.3) is 0 Å². The SMILES string of the molecule is C=C(C(=O)O)C(C=C(C)C(=O)O)C1(C(=C)C(=O)OC2(CC)C3CC4CC(C3)CC2C4)CCC(=O)O1.C=CC(=O)O. The molecule has 10 nitrogen and oxygen atoms in total. The molecule has 0 aromatic carbocycles. The van der Waals surface area contributed by atoms with Crippen molar-refractivity contribution in [3.05, 3.63) is 48.6 Å². The highest BCUT2D eigenvalue weighted by atomic mass is 16.6. The molecule has 0 radical (unpaired) electrons. The van der Waals surface area contributed by atoms with Crippen molar-refractivity contribution < 1.29 is 48.8 Å². The highest BCUT2D eigenvalue weighted by Gasteiger charge is 2.60. The molecule has 1 aliphatic heterocycles. The standard InChI is InChI=1S/C27H34O8.C3H4O2/c1-5-26(19-10-17-9-18(12-19)13-20(26)11-17)35-25(33)16(4)27(7-6-22(28)34-27)21(15(3)24(31)32)8-14(2)23(29)30;1-2-3(4)5/h8,17-21H,3-7,9-13H2,1-2H3,(H,29,30)(H,31,32);2H,1H2,(H,4,5). The molecular formula is C30H38O10. The Morgan fingerprint density at radius 1 is 1.02 bits per heavy atom. The summed E-state index contributed by atoms with van der Waals surface area (Å²) in [6.07, 6.45) is 7.93. The Bertz CT molecular complexity index is 1130. The largest absolute Gasteiger partial charge is 0.478 e. The average Bonchev–Trinajstić information content (AvgIpc) is 3.30. The summed E-state index contributed by atoms with van der Waals surface area (Å²) in [5.74, 6) is -4.39. The van der Waals surface area contributed by atoms with Gasteiger partial charge in [0.2, 0.25) is 0 Å². The molecule has 4 bridgehead atoms. The number of cyclic esters (lactones) is 1. The van der Waals surface area contributed by atoms with Crippen LogP contribution in [0.3, 0.4) is 0 Å². The van der Waals surface area contributed by atoms with Crippen LogP contribution in [0.2, 0.25) is 0 Å². The van der Waals surface area contributed by atoms with Gasteiger partial charge < -0.3 is 24.8 Å². The minimum absolute atomic E-state index is 0.0315. The highest BCUT2D eigenvalue weighted by Crippen LogP contribution is 2.61. The first-order valence-electron chi connectivity index (χ1n) is 13.5. The normalized spacial score (nSPS) is 32.6. The second-order valence-corrected chi connectivity index (χ2v) is 11.3. The Balaban J connectivity index is 0.000000810. The Kier molecular flexibility index (Phi) is 9.11. The zero-order chi connectivity index (χ0) is 30.0. The molecule has 5 rings (SSSR count). The van der Waals surface area contributed by atoms with Crippen LogP contribution < -0.4 is 0 Å². The van der Waals surface area contributed by atoms with E-state index < -0.39 is 52.5 Å². The first-order chi connectivity index (χ1) is 18.7. The van der Waals surface area contributed by atoms with Crippen LogP contribution in [0.5, 0.6) is 0 Å². The van der Waals surface area contributed by atoms with Crippen molar-refractivity contribution in [1.82, 2.24) is 0 Å². The van der Waals surface area contributed by atoms with E-state index in [9.17, 15) is 34.2 Å². The summed E-state index contributed by atoms with van der Waals surface area (Å²) in [6.45, 7) is 13.8. The minimum atomic E-state index is -1.78. The van der Waals surface area contributed by atoms with Crippen molar-refractivity contribution in [1.29, 1.82) is 0 Å². The van der Waals surface area contributed by atoms with Gasteiger partial charge in [-0.25, -0.2) is 19.2 Å². The number of carbonyl (C=O) groups excluding carboxylic acids is 2. The number of carbonyl (C=O) groups is 5. The van der Waals surface area contributed by atoms with Crippen molar-refractivity contribution in [2.75, 3.05) is 0 Å². The Hall–Kier alpha value is -3.69. The van der Waals surface area contributed by atoms with Crippen LogP contribution in [0.4, 0.5) is 0 Å². The maximum Gasteiger partial charge on any atom is 0.338 e. The molecule has 5 aliphatic rings. The lowest BCUT2D eigenvalue weighted by atomic mass is 9.49. The summed E-state index contributed by atoms with van der Waals surface area (Å²) in [5.41, 5.74) is -3.13. The summed E-state index contributed by atoms with van der Waals surface area (Å²) < 4.78 is 11.9. The molecule has 0 amide bonds. The summed E-state index contributed by atoms with van der Waals surface area (Å²) in [6, 6.07) is 0. The predicted octanol–water partition coefficient (Wildman–Crippen LogP) is 4.31. The Morgan fingerprint density at radius 3 is 1.93 bits per heavy atom. The van der Waals surface area contributed by atoms with Crippen molar-refractivity contribution in [2.45, 2.75) is 76.4 Å². The van der Waals surface area contributed by atoms with E-state index in [1.807, 2.05) is 6.92 Å². The van der Waals surface area contributed by atoms with Crippen LogP contribution in [0.1, 0.15) is 65.2 Å². The third-order valence-corrected chi connectivity index (χ3v) is 9.19. The summed E-state index contributed by atoms with van der Waals surface area (Å²) in [4.78, 5) is 58.6. The molecule has 10 heteroatoms. The first-order valence-corrected chi connectivity index (χ1v) is 13.5. The van der Waals surface area contributed by atoms with Crippen LogP contribution in [0.15, 0.2) is 48.6 Å². The molecule has 218 valence electrons. The van der Waals surface area contributed by atoms with Gasteiger partial charge in [-0.15, -0.1) is 0 Å². The summed E-state index contributed by atoms with van der Waals surface area (Å²) >= 11 is 0. The van der Waals surface area contributed by atoms with Crippen molar-refractivity contribution in [3.63, 3.8) is 0 Å². The summed E-state index contributed by atoms with van der Waals surface area (Å²) in [7, 11) is 0. The number of carboxylic acid groups (broad SMARTS) is 3. The van der Waals surface area contributed by atoms with Gasteiger partial charge in [-0.1, -0.05) is 32.7 Å². The van der Waals surface area contributed by atoms with Gasteiger partial charge in [0, 0.05) is 30.1 Å². The van der Waals surface area contributed by atoms with Crippen LogP contribution in [-0.4, -0.2) is 56.4 Å². The van der Waals surface area contributed by atoms with Gasteiger partial charge in [0.25, 0.3) is 0 Å². The monoisotopic (exact) mass is 558 g/mol. The van der Waals surface area contributed by atoms with E-state index in [0.29, 0.717) is 18.3 Å². The fourth-order valence-corrected chi connectivity index (χ4v) is 7.39. The molecule has 40 heavy (non-hydrogen) atoms. The van der Waals surface area contributed by atoms with E-state index in [1.165, 1.54) is 19.4 Å². The maximum absolute atomic E-state index is 13.7. The molecule has 2 atom stereocenters. The number of hydrogen-bond donors (Lipinski definition) is 3. The van der Waals surface area contributed by atoms with Crippen molar-refractivity contribution in [3.8, 4) is 0 Å². The van der Waals surface area contributed by atoms with Gasteiger partial charge in [-0.05, 0) is 69.1 Å². The fourth-order valence-electron chi connectivity index (χ4n) is 7.39. The van der Waals surface area contributed by atoms with Gasteiger partial charge in [-0.3, -0.25) is 4.79 Å². The molecule has 5 fully saturated rings. The number of hydrogen-bond acceptors (Lipinski definition) is 7. The van der Waals surface area contributed by atoms with Crippen molar-refractivity contribution >= 4 is 29.8 Å². The van der Waals surface area contributed by atoms with E-state index in [4.69, 9.17) is 14.6 Å². The second kappa shape index (κ2) is 11.8. The van der Waals surface area contributed by atoms with Crippen LogP contribution >= 0.6 is 0 Å². The summed E-state index contributed by atoms with van der Waals surface area (Å²) in [5, 5.41) is 26.7. The molecule has 4 aliphatic carbocycles. The van der Waals surface area contributed by atoms with E-state index >= 15 is 0 Å². The average molecular weight is 559 g/mol. The quantitative estimate of drug-likeness (QED) is 0.260. The molecule has 0 aromatic rings. The first kappa shape index (κ1) is 30.8. The molecule has 3 N–H and O–H groups in total. The number of ether oxygens (including phenoxy) is 2. The number of esters is 2. The predicted molar refractivity (Wildman–Crippen MR) is 143 cm³/mol. The molecule has 1 saturated heterocycles. The zero-order valence-corrected chi connectivity index (χ0v) is 23.0. The molecular weight excluding hydrogens is 520 g/mol. The van der Waals surface area contributed by atoms with Gasteiger partial charge in [0.1, 0.15) is 5.60 Å². The third kappa shape index (κ3) is 5.76. The van der Waals surface area contributed by atoms with E-state index in [0.717, 1.165) is 31.8 Å². The number of aliphatic carboxylic acids is 3. The number of carboxylic acids is 3. The lowest BCUT2D eigenvalue weighted by Gasteiger charge is -2.60. The zero-order valence-electron chi connectivity index (χ0n) is 23.0. The van der Waals surface area contributed by atoms with Crippen LogP contribution in [-0.2, 0) is 33.4 Å². The van der Waals surface area contributed by atoms with Gasteiger partial charge in [0.05, 0.1) is 11.5 Å². The van der Waals surface area contributed by atoms with Gasteiger partial charge in [0.15, 0.2) is 5.60 Å². The Labute approximate surface area is 233 Å². The lowest BCUT2D eigenvalue weighted by molar-refractivity contribution is -0.209. The fraction of sp³-hybridized carbons (Fsp3) is 0.567. The second-order valence-electron chi connectivity index (χ2n) is 11.3. The smallest absolute Gasteiger partial charge is 0.338 e. The number of rotatable bonds is 10. The van der Waals surface area contributed by atoms with E-state index in [-0.39, 0.29) is 35.8 Å². The topological polar surface area (TPSA) is 164 Å². The Morgan fingerprint density at radius 2 is 1.55 bits per heavy atom. The molecule has 4 saturated carbocycles. The van der Waals surface area contributed by atoms with E-state index in [1.54, 1.807) is 0 Å². The molecule has 0 aromatic heterocycles. The van der Waals surface area contributed by atoms with E-state index in [2.05, 4.69) is 19.7 Å². The molecule has 0 spiro atoms. The third-order valence-electron chi connectivity index (χ3n) is 9.19. The van der Waals surface area contributed by atoms with Gasteiger partial charge in [-0.2, -0.15) is 0 Å². The lowest BCUT2D eigenvalue weighted by Crippen LogP contribution is -2.60.